The van der Waals surface area contributed by atoms with Crippen molar-refractivity contribution in [3.8, 4) is 6.07 Å². The van der Waals surface area contributed by atoms with Gasteiger partial charge in [-0.2, -0.15) is 5.26 Å². The highest BCUT2D eigenvalue weighted by atomic mass is 16.6. The molecule has 0 fully saturated rings. The molecule has 2 aromatic carbocycles. The second-order valence-electron chi connectivity index (χ2n) is 8.73. The Kier molecular flexibility index (Phi) is 6.89. The smallest absolute Gasteiger partial charge is 0.375 e. The standard InChI is InChI=1S/C26H26N2O4/c1-26(2,3)32-25(31)23(29)15-24(30)28(22-10-6-7-18(14-22)16-27)17-19-11-12-20-8-4-5-9-21(20)13-19/h4-6,8-14,18H,7,15,17H2,1-3H3. The van der Waals surface area contributed by atoms with Crippen molar-refractivity contribution in [2.24, 2.45) is 5.92 Å². The van der Waals surface area contributed by atoms with E-state index in [9.17, 15) is 19.6 Å². The molecule has 1 aliphatic rings. The first kappa shape index (κ1) is 23.0. The number of ketones is 1. The lowest BCUT2D eigenvalue weighted by atomic mass is 9.99. The van der Waals surface area contributed by atoms with Crippen molar-refractivity contribution in [2.75, 3.05) is 0 Å². The van der Waals surface area contributed by atoms with Crippen LogP contribution in [-0.2, 0) is 25.7 Å². The van der Waals surface area contributed by atoms with E-state index in [0.29, 0.717) is 12.1 Å². The molecule has 1 amide bonds. The molecule has 0 heterocycles. The van der Waals surface area contributed by atoms with E-state index in [-0.39, 0.29) is 12.5 Å². The van der Waals surface area contributed by atoms with Crippen LogP contribution in [-0.4, -0.2) is 28.2 Å². The quantitative estimate of drug-likeness (QED) is 0.384. The summed E-state index contributed by atoms with van der Waals surface area (Å²) in [4.78, 5) is 39.0. The molecule has 0 aromatic heterocycles. The van der Waals surface area contributed by atoms with Crippen molar-refractivity contribution in [3.05, 3.63) is 72.0 Å². The lowest BCUT2D eigenvalue weighted by Gasteiger charge is -2.26. The molecule has 0 spiro atoms. The van der Waals surface area contributed by atoms with Crippen LogP contribution in [0.1, 0.15) is 39.2 Å². The highest BCUT2D eigenvalue weighted by Crippen LogP contribution is 2.24. The maximum Gasteiger partial charge on any atom is 0.375 e. The minimum absolute atomic E-state index is 0.208. The van der Waals surface area contributed by atoms with Crippen LogP contribution in [0.15, 0.2) is 66.4 Å². The van der Waals surface area contributed by atoms with Gasteiger partial charge in [-0.25, -0.2) is 4.79 Å². The van der Waals surface area contributed by atoms with Crippen molar-refractivity contribution >= 4 is 28.4 Å². The summed E-state index contributed by atoms with van der Waals surface area (Å²) in [7, 11) is 0. The number of amides is 1. The Morgan fingerprint density at radius 1 is 1.12 bits per heavy atom. The van der Waals surface area contributed by atoms with E-state index >= 15 is 0 Å². The Bertz CT molecular complexity index is 1150. The van der Waals surface area contributed by atoms with Gasteiger partial charge < -0.3 is 9.64 Å². The van der Waals surface area contributed by atoms with Crippen LogP contribution in [0.4, 0.5) is 0 Å². The van der Waals surface area contributed by atoms with Gasteiger partial charge in [0.25, 0.3) is 0 Å². The average molecular weight is 431 g/mol. The van der Waals surface area contributed by atoms with Crippen LogP contribution in [0.2, 0.25) is 0 Å². The number of esters is 1. The lowest BCUT2D eigenvalue weighted by Crippen LogP contribution is -2.35. The Labute approximate surface area is 187 Å². The number of hydrogen-bond donors (Lipinski definition) is 0. The molecule has 6 heteroatoms. The summed E-state index contributed by atoms with van der Waals surface area (Å²) >= 11 is 0. The number of benzene rings is 2. The molecule has 164 valence electrons. The molecule has 0 N–H and O–H groups in total. The molecule has 0 saturated heterocycles. The van der Waals surface area contributed by atoms with E-state index in [1.54, 1.807) is 32.9 Å². The molecule has 3 rings (SSSR count). The van der Waals surface area contributed by atoms with Gasteiger partial charge in [0, 0.05) is 5.70 Å². The number of ether oxygens (including phenoxy) is 1. The fourth-order valence-electron chi connectivity index (χ4n) is 3.42. The number of fused-ring (bicyclic) bond motifs is 1. The summed E-state index contributed by atoms with van der Waals surface area (Å²) in [6.45, 7) is 5.18. The Morgan fingerprint density at radius 2 is 1.84 bits per heavy atom. The molecular formula is C26H26N2O4. The van der Waals surface area contributed by atoms with Gasteiger partial charge in [0.2, 0.25) is 11.7 Å². The molecule has 32 heavy (non-hydrogen) atoms. The topological polar surface area (TPSA) is 87.5 Å². The molecule has 1 atom stereocenters. The highest BCUT2D eigenvalue weighted by Gasteiger charge is 2.28. The Morgan fingerprint density at radius 3 is 2.53 bits per heavy atom. The van der Waals surface area contributed by atoms with Gasteiger partial charge in [-0.1, -0.05) is 42.5 Å². The number of allylic oxidation sites excluding steroid dienone is 3. The zero-order valence-electron chi connectivity index (χ0n) is 18.5. The average Bonchev–Trinajstić information content (AvgIpc) is 2.76. The number of nitriles is 1. The minimum Gasteiger partial charge on any atom is -0.454 e. The number of hydrogen-bond acceptors (Lipinski definition) is 5. The van der Waals surface area contributed by atoms with Crippen LogP contribution >= 0.6 is 0 Å². The predicted molar refractivity (Wildman–Crippen MR) is 121 cm³/mol. The third-order valence-corrected chi connectivity index (χ3v) is 4.92. The molecule has 0 bridgehead atoms. The molecule has 0 saturated carbocycles. The molecule has 1 unspecified atom stereocenters. The van der Waals surface area contributed by atoms with Crippen LogP contribution in [0.25, 0.3) is 10.8 Å². The normalized spacial score (nSPS) is 15.6. The predicted octanol–water partition coefficient (Wildman–Crippen LogP) is 4.45. The first-order chi connectivity index (χ1) is 15.2. The van der Waals surface area contributed by atoms with E-state index in [0.717, 1.165) is 16.3 Å². The molecule has 1 aliphatic carbocycles. The highest BCUT2D eigenvalue weighted by molar-refractivity contribution is 6.37. The molecule has 0 aliphatic heterocycles. The fourth-order valence-corrected chi connectivity index (χ4v) is 3.42. The summed E-state index contributed by atoms with van der Waals surface area (Å²) in [5.41, 5.74) is 0.586. The summed E-state index contributed by atoms with van der Waals surface area (Å²) < 4.78 is 5.10. The summed E-state index contributed by atoms with van der Waals surface area (Å²) in [6, 6.07) is 16.0. The van der Waals surface area contributed by atoms with Crippen molar-refractivity contribution in [1.29, 1.82) is 5.26 Å². The van der Waals surface area contributed by atoms with Crippen LogP contribution in [0, 0.1) is 17.2 Å². The van der Waals surface area contributed by atoms with Crippen molar-refractivity contribution in [1.82, 2.24) is 4.90 Å². The van der Waals surface area contributed by atoms with Gasteiger partial charge in [0.15, 0.2) is 0 Å². The third-order valence-electron chi connectivity index (χ3n) is 4.92. The van der Waals surface area contributed by atoms with Gasteiger partial charge in [0.1, 0.15) is 5.60 Å². The zero-order chi connectivity index (χ0) is 23.3. The van der Waals surface area contributed by atoms with E-state index in [2.05, 4.69) is 6.07 Å². The van der Waals surface area contributed by atoms with Gasteiger partial charge in [-0.15, -0.1) is 0 Å². The van der Waals surface area contributed by atoms with Gasteiger partial charge in [-0.3, -0.25) is 9.59 Å². The first-order valence-electron chi connectivity index (χ1n) is 10.5. The Balaban J connectivity index is 1.86. The van der Waals surface area contributed by atoms with Crippen molar-refractivity contribution in [3.63, 3.8) is 0 Å². The number of nitrogens with zero attached hydrogens (tertiary/aromatic N) is 2. The number of rotatable bonds is 6. The van der Waals surface area contributed by atoms with Gasteiger partial charge >= 0.3 is 5.97 Å². The van der Waals surface area contributed by atoms with Gasteiger partial charge in [0.05, 0.1) is 25.0 Å². The third kappa shape index (κ3) is 5.92. The fraction of sp³-hybridized carbons (Fsp3) is 0.308. The summed E-state index contributed by atoms with van der Waals surface area (Å²) in [6.07, 6.45) is 5.28. The Hall–Kier alpha value is -3.72. The molecule has 6 nitrogen and oxygen atoms in total. The SMILES string of the molecule is CC(C)(C)OC(=O)C(=O)CC(=O)N(Cc1ccc2ccccc2c1)C1=CC(C#N)CC=C1. The number of carbonyl (C=O) groups is 3. The second kappa shape index (κ2) is 9.61. The van der Waals surface area contributed by atoms with Crippen LogP contribution in [0.5, 0.6) is 0 Å². The van der Waals surface area contributed by atoms with E-state index in [1.165, 1.54) is 4.90 Å². The van der Waals surface area contributed by atoms with E-state index < -0.39 is 29.7 Å². The molecule has 2 aromatic rings. The van der Waals surface area contributed by atoms with Crippen molar-refractivity contribution in [2.45, 2.75) is 45.8 Å². The van der Waals surface area contributed by atoms with Crippen LogP contribution < -0.4 is 0 Å². The number of carbonyl (C=O) groups excluding carboxylic acids is 3. The molecule has 0 radical (unpaired) electrons. The second-order valence-corrected chi connectivity index (χ2v) is 8.73. The van der Waals surface area contributed by atoms with E-state index in [4.69, 9.17) is 4.74 Å². The van der Waals surface area contributed by atoms with Crippen LogP contribution in [0.3, 0.4) is 0 Å². The maximum absolute atomic E-state index is 13.1. The number of Topliss-reactive ketones (excluding diaryl/α,β-unsaturated/α-hetero) is 1. The maximum atomic E-state index is 13.1. The minimum atomic E-state index is -1.03. The summed E-state index contributed by atoms with van der Waals surface area (Å²) in [5, 5.41) is 11.4. The van der Waals surface area contributed by atoms with Crippen molar-refractivity contribution < 1.29 is 19.1 Å². The monoisotopic (exact) mass is 430 g/mol. The summed E-state index contributed by atoms with van der Waals surface area (Å²) in [5.74, 6) is -2.81. The largest absolute Gasteiger partial charge is 0.454 e. The van der Waals surface area contributed by atoms with Gasteiger partial charge in [-0.05, 0) is 61.7 Å². The first-order valence-corrected chi connectivity index (χ1v) is 10.5. The van der Waals surface area contributed by atoms with E-state index in [1.807, 2.05) is 48.5 Å². The molecular weight excluding hydrogens is 404 g/mol. The zero-order valence-corrected chi connectivity index (χ0v) is 18.5. The lowest BCUT2D eigenvalue weighted by molar-refractivity contribution is -0.163.